The van der Waals surface area contributed by atoms with Gasteiger partial charge in [-0.3, -0.25) is 9.78 Å². The number of benzene rings is 1. The molecule has 2 nitrogen and oxygen atoms in total. The van der Waals surface area contributed by atoms with Crippen LogP contribution < -0.4 is 0 Å². The fourth-order valence-corrected chi connectivity index (χ4v) is 1.86. The highest BCUT2D eigenvalue weighted by Gasteiger charge is 2.17. The minimum atomic E-state index is -0.551. The lowest BCUT2D eigenvalue weighted by Crippen LogP contribution is -2.07. The Hall–Kier alpha value is -1.55. The number of ketones is 1. The van der Waals surface area contributed by atoms with Crippen molar-refractivity contribution < 1.29 is 9.18 Å². The molecule has 0 amide bonds. The predicted octanol–water partition coefficient (Wildman–Crippen LogP) is 3.21. The lowest BCUT2D eigenvalue weighted by molar-refractivity contribution is 0.103. The number of pyridine rings is 1. The number of aromatic nitrogens is 1. The monoisotopic (exact) mass is 279 g/mol. The molecule has 0 aliphatic heterocycles. The summed E-state index contributed by atoms with van der Waals surface area (Å²) in [6.45, 7) is 0. The number of hydrogen-bond donors (Lipinski definition) is 0. The third-order valence-electron chi connectivity index (χ3n) is 2.09. The van der Waals surface area contributed by atoms with Gasteiger partial charge in [0.1, 0.15) is 11.5 Å². The summed E-state index contributed by atoms with van der Waals surface area (Å²) >= 11 is 3.16. The number of carbonyl (C=O) groups is 1. The zero-order chi connectivity index (χ0) is 11.5. The topological polar surface area (TPSA) is 30.0 Å². The molecule has 16 heavy (non-hydrogen) atoms. The van der Waals surface area contributed by atoms with Crippen LogP contribution in [0.5, 0.6) is 0 Å². The van der Waals surface area contributed by atoms with Gasteiger partial charge in [0.15, 0.2) is 0 Å². The highest BCUT2D eigenvalue weighted by Crippen LogP contribution is 2.22. The maximum atomic E-state index is 13.5. The van der Waals surface area contributed by atoms with Crippen LogP contribution in [0.15, 0.2) is 47.1 Å². The highest BCUT2D eigenvalue weighted by molar-refractivity contribution is 9.10. The average molecular weight is 280 g/mol. The van der Waals surface area contributed by atoms with E-state index in [4.69, 9.17) is 0 Å². The van der Waals surface area contributed by atoms with Crippen LogP contribution >= 0.6 is 15.9 Å². The van der Waals surface area contributed by atoms with E-state index in [2.05, 4.69) is 20.9 Å². The molecule has 0 aliphatic carbocycles. The molecule has 4 heteroatoms. The summed E-state index contributed by atoms with van der Waals surface area (Å²) in [6.07, 6.45) is 1.50. The SMILES string of the molecule is O=C(c1ccccn1)c1c(F)cccc1Br. The maximum Gasteiger partial charge on any atom is 0.215 e. The number of carbonyl (C=O) groups excluding carboxylic acids is 1. The van der Waals surface area contributed by atoms with Gasteiger partial charge in [-0.2, -0.15) is 0 Å². The van der Waals surface area contributed by atoms with Crippen molar-refractivity contribution in [2.75, 3.05) is 0 Å². The zero-order valence-corrected chi connectivity index (χ0v) is 9.74. The maximum absolute atomic E-state index is 13.5. The molecule has 2 rings (SSSR count). The first-order valence-corrected chi connectivity index (χ1v) is 5.39. The standard InChI is InChI=1S/C12H7BrFNO/c13-8-4-3-5-9(14)11(8)12(16)10-6-1-2-7-15-10/h1-7H. The Bertz CT molecular complexity index is 508. The zero-order valence-electron chi connectivity index (χ0n) is 8.15. The number of halogens is 2. The van der Waals surface area contributed by atoms with Gasteiger partial charge in [0.05, 0.1) is 5.56 Å². The van der Waals surface area contributed by atoms with Gasteiger partial charge < -0.3 is 0 Å². The van der Waals surface area contributed by atoms with E-state index in [9.17, 15) is 9.18 Å². The molecule has 1 heterocycles. The molecule has 1 aromatic carbocycles. The van der Waals surface area contributed by atoms with E-state index in [1.54, 1.807) is 24.3 Å². The Morgan fingerprint density at radius 3 is 2.62 bits per heavy atom. The second-order valence-corrected chi connectivity index (χ2v) is 4.00. The first kappa shape index (κ1) is 11.0. The van der Waals surface area contributed by atoms with Crippen molar-refractivity contribution >= 4 is 21.7 Å². The van der Waals surface area contributed by atoms with E-state index < -0.39 is 11.6 Å². The van der Waals surface area contributed by atoms with Crippen LogP contribution in [0.25, 0.3) is 0 Å². The van der Waals surface area contributed by atoms with Crippen LogP contribution in [0.1, 0.15) is 16.1 Å². The molecule has 0 unspecified atom stereocenters. The lowest BCUT2D eigenvalue weighted by atomic mass is 10.1. The van der Waals surface area contributed by atoms with Crippen LogP contribution in [0.4, 0.5) is 4.39 Å². The Labute approximate surface area is 100 Å². The Balaban J connectivity index is 2.50. The average Bonchev–Trinajstić information content (AvgIpc) is 2.30. The van der Waals surface area contributed by atoms with E-state index in [1.807, 2.05) is 0 Å². The summed E-state index contributed by atoms with van der Waals surface area (Å²) in [5, 5.41) is 0. The molecule has 2 aromatic rings. The first-order chi connectivity index (χ1) is 7.70. The normalized spacial score (nSPS) is 10.1. The second-order valence-electron chi connectivity index (χ2n) is 3.14. The number of nitrogens with zero attached hydrogens (tertiary/aromatic N) is 1. The van der Waals surface area contributed by atoms with Gasteiger partial charge in [0, 0.05) is 10.7 Å². The molecular weight excluding hydrogens is 273 g/mol. The minimum Gasteiger partial charge on any atom is -0.287 e. The van der Waals surface area contributed by atoms with E-state index >= 15 is 0 Å². The highest BCUT2D eigenvalue weighted by atomic mass is 79.9. The molecule has 1 aromatic heterocycles. The van der Waals surface area contributed by atoms with Crippen LogP contribution in [-0.4, -0.2) is 10.8 Å². The summed E-state index contributed by atoms with van der Waals surface area (Å²) in [7, 11) is 0. The summed E-state index contributed by atoms with van der Waals surface area (Å²) < 4.78 is 13.9. The van der Waals surface area contributed by atoms with Crippen molar-refractivity contribution in [3.05, 3.63) is 64.1 Å². The van der Waals surface area contributed by atoms with E-state index in [1.165, 1.54) is 18.3 Å². The van der Waals surface area contributed by atoms with E-state index in [0.29, 0.717) is 4.47 Å². The molecule has 0 fully saturated rings. The van der Waals surface area contributed by atoms with Gasteiger partial charge in [0.2, 0.25) is 5.78 Å². The van der Waals surface area contributed by atoms with Crippen LogP contribution in [0.3, 0.4) is 0 Å². The van der Waals surface area contributed by atoms with Crippen LogP contribution in [0.2, 0.25) is 0 Å². The quantitative estimate of drug-likeness (QED) is 0.790. The number of rotatable bonds is 2. The molecule has 0 N–H and O–H groups in total. The van der Waals surface area contributed by atoms with Gasteiger partial charge >= 0.3 is 0 Å². The Morgan fingerprint density at radius 1 is 1.19 bits per heavy atom. The van der Waals surface area contributed by atoms with Gasteiger partial charge in [-0.05, 0) is 40.2 Å². The van der Waals surface area contributed by atoms with E-state index in [-0.39, 0.29) is 11.3 Å². The van der Waals surface area contributed by atoms with Gasteiger partial charge in [-0.1, -0.05) is 12.1 Å². The van der Waals surface area contributed by atoms with Gasteiger partial charge in [0.25, 0.3) is 0 Å². The molecule has 0 saturated heterocycles. The summed E-state index contributed by atoms with van der Waals surface area (Å²) in [5.74, 6) is -0.976. The van der Waals surface area contributed by atoms with Crippen LogP contribution in [-0.2, 0) is 0 Å². The molecule has 0 atom stereocenters. The minimum absolute atomic E-state index is 0.0150. The first-order valence-electron chi connectivity index (χ1n) is 4.60. The van der Waals surface area contributed by atoms with Crippen molar-refractivity contribution in [2.45, 2.75) is 0 Å². The van der Waals surface area contributed by atoms with Crippen molar-refractivity contribution in [3.8, 4) is 0 Å². The molecule has 80 valence electrons. The third-order valence-corrected chi connectivity index (χ3v) is 2.75. The summed E-state index contributed by atoms with van der Waals surface area (Å²) in [5.41, 5.74) is 0.245. The Morgan fingerprint density at radius 2 is 2.00 bits per heavy atom. The molecule has 0 bridgehead atoms. The van der Waals surface area contributed by atoms with Crippen molar-refractivity contribution in [1.29, 1.82) is 0 Å². The lowest BCUT2D eigenvalue weighted by Gasteiger charge is -2.03. The second kappa shape index (κ2) is 4.53. The molecule has 0 radical (unpaired) electrons. The molecule has 0 aliphatic rings. The molecular formula is C12H7BrFNO. The fourth-order valence-electron chi connectivity index (χ4n) is 1.34. The Kier molecular flexibility index (Phi) is 3.10. The van der Waals surface area contributed by atoms with Crippen molar-refractivity contribution in [2.24, 2.45) is 0 Å². The van der Waals surface area contributed by atoms with Crippen molar-refractivity contribution in [3.63, 3.8) is 0 Å². The van der Waals surface area contributed by atoms with Gasteiger partial charge in [-0.25, -0.2) is 4.39 Å². The number of hydrogen-bond acceptors (Lipinski definition) is 2. The largest absolute Gasteiger partial charge is 0.287 e. The predicted molar refractivity (Wildman–Crippen MR) is 61.8 cm³/mol. The van der Waals surface area contributed by atoms with Crippen molar-refractivity contribution in [1.82, 2.24) is 4.98 Å². The third kappa shape index (κ3) is 2.02. The summed E-state index contributed by atoms with van der Waals surface area (Å²) in [4.78, 5) is 15.9. The van der Waals surface area contributed by atoms with Crippen LogP contribution in [0, 0.1) is 5.82 Å². The van der Waals surface area contributed by atoms with Gasteiger partial charge in [-0.15, -0.1) is 0 Å². The smallest absolute Gasteiger partial charge is 0.215 e. The fraction of sp³-hybridized carbons (Fsp3) is 0. The molecule has 0 spiro atoms. The molecule has 0 saturated carbocycles. The van der Waals surface area contributed by atoms with E-state index in [0.717, 1.165) is 0 Å². The summed E-state index contributed by atoms with van der Waals surface area (Å²) in [6, 6.07) is 9.36.